The molecule has 0 aliphatic rings. The van der Waals surface area contributed by atoms with Gasteiger partial charge in [-0.2, -0.15) is 11.3 Å². The third kappa shape index (κ3) is 3.55. The summed E-state index contributed by atoms with van der Waals surface area (Å²) in [6.07, 6.45) is 3.01. The molecule has 19 heavy (non-hydrogen) atoms. The first-order chi connectivity index (χ1) is 9.24. The van der Waals surface area contributed by atoms with E-state index >= 15 is 0 Å². The molecule has 1 atom stereocenters. The normalized spacial score (nSPS) is 12.4. The fourth-order valence-electron chi connectivity index (χ4n) is 2.14. The Morgan fingerprint density at radius 1 is 1.37 bits per heavy atom. The van der Waals surface area contributed by atoms with Crippen molar-refractivity contribution >= 4 is 17.0 Å². The molecule has 2 aromatic heterocycles. The van der Waals surface area contributed by atoms with Crippen LogP contribution in [0.3, 0.4) is 0 Å². The Hall–Kier alpha value is -1.39. The summed E-state index contributed by atoms with van der Waals surface area (Å²) in [5.74, 6) is 0. The van der Waals surface area contributed by atoms with E-state index < -0.39 is 0 Å². The maximum absolute atomic E-state index is 4.57. The predicted octanol–water partition coefficient (Wildman–Crippen LogP) is 3.45. The van der Waals surface area contributed by atoms with E-state index in [2.05, 4.69) is 58.1 Å². The second-order valence-electron chi connectivity index (χ2n) is 4.68. The second-order valence-corrected chi connectivity index (χ2v) is 5.46. The van der Waals surface area contributed by atoms with Crippen molar-refractivity contribution in [3.63, 3.8) is 0 Å². The zero-order valence-electron chi connectivity index (χ0n) is 11.8. The number of hydrogen-bond donors (Lipinski definition) is 1. The lowest BCUT2D eigenvalue weighted by molar-refractivity contribution is 0.561. The molecule has 0 radical (unpaired) electrons. The zero-order chi connectivity index (χ0) is 13.7. The Bertz CT molecular complexity index is 475. The van der Waals surface area contributed by atoms with Crippen molar-refractivity contribution in [1.29, 1.82) is 0 Å². The number of nitrogens with zero attached hydrogens (tertiary/aromatic N) is 2. The Morgan fingerprint density at radius 3 is 2.74 bits per heavy atom. The molecule has 102 valence electrons. The molecule has 0 bridgehead atoms. The summed E-state index contributed by atoms with van der Waals surface area (Å²) in [7, 11) is 4.08. The van der Waals surface area contributed by atoms with E-state index in [-0.39, 0.29) is 0 Å². The molecule has 0 fully saturated rings. The van der Waals surface area contributed by atoms with Gasteiger partial charge in [0.25, 0.3) is 0 Å². The number of anilines is 1. The SMILES string of the molecule is CCC(NC)c1ccc(N(C)Cc2ccsc2)cn1. The quantitative estimate of drug-likeness (QED) is 0.875. The minimum Gasteiger partial charge on any atom is -0.369 e. The molecule has 2 heterocycles. The Kier molecular flexibility index (Phi) is 4.93. The molecule has 0 spiro atoms. The fraction of sp³-hybridized carbons (Fsp3) is 0.400. The van der Waals surface area contributed by atoms with Gasteiger partial charge in [-0.3, -0.25) is 4.98 Å². The van der Waals surface area contributed by atoms with Gasteiger partial charge >= 0.3 is 0 Å². The Labute approximate surface area is 119 Å². The first-order valence-electron chi connectivity index (χ1n) is 6.60. The topological polar surface area (TPSA) is 28.2 Å². The summed E-state index contributed by atoms with van der Waals surface area (Å²) >= 11 is 1.74. The lowest BCUT2D eigenvalue weighted by Gasteiger charge is -2.20. The minimum atomic E-state index is 0.344. The Balaban J connectivity index is 2.05. The van der Waals surface area contributed by atoms with E-state index in [1.807, 2.05) is 13.2 Å². The molecule has 0 aliphatic carbocycles. The van der Waals surface area contributed by atoms with Crippen LogP contribution >= 0.6 is 11.3 Å². The summed E-state index contributed by atoms with van der Waals surface area (Å²) in [5, 5.41) is 7.58. The highest BCUT2D eigenvalue weighted by molar-refractivity contribution is 7.07. The molecule has 4 heteroatoms. The lowest BCUT2D eigenvalue weighted by atomic mass is 10.1. The van der Waals surface area contributed by atoms with Crippen LogP contribution in [0.5, 0.6) is 0 Å². The fourth-order valence-corrected chi connectivity index (χ4v) is 2.80. The van der Waals surface area contributed by atoms with E-state index in [4.69, 9.17) is 0 Å². The van der Waals surface area contributed by atoms with Gasteiger partial charge < -0.3 is 10.2 Å². The Morgan fingerprint density at radius 2 is 2.21 bits per heavy atom. The van der Waals surface area contributed by atoms with Gasteiger partial charge in [0.2, 0.25) is 0 Å². The van der Waals surface area contributed by atoms with Crippen LogP contribution in [0.25, 0.3) is 0 Å². The van der Waals surface area contributed by atoms with Crippen LogP contribution in [0.15, 0.2) is 35.2 Å². The minimum absolute atomic E-state index is 0.344. The van der Waals surface area contributed by atoms with Crippen molar-refractivity contribution < 1.29 is 0 Å². The van der Waals surface area contributed by atoms with Gasteiger partial charge in [-0.25, -0.2) is 0 Å². The molecular weight excluding hydrogens is 254 g/mol. The third-order valence-electron chi connectivity index (χ3n) is 3.33. The van der Waals surface area contributed by atoms with Gasteiger partial charge in [-0.05, 0) is 48.0 Å². The molecule has 1 unspecified atom stereocenters. The first-order valence-corrected chi connectivity index (χ1v) is 7.54. The van der Waals surface area contributed by atoms with Crippen molar-refractivity contribution in [2.45, 2.75) is 25.9 Å². The summed E-state index contributed by atoms with van der Waals surface area (Å²) < 4.78 is 0. The smallest absolute Gasteiger partial charge is 0.0574 e. The largest absolute Gasteiger partial charge is 0.369 e. The van der Waals surface area contributed by atoms with Gasteiger partial charge in [0, 0.05) is 19.6 Å². The van der Waals surface area contributed by atoms with Crippen LogP contribution < -0.4 is 10.2 Å². The van der Waals surface area contributed by atoms with E-state index in [0.717, 1.165) is 24.3 Å². The van der Waals surface area contributed by atoms with Crippen LogP contribution in [0.4, 0.5) is 5.69 Å². The van der Waals surface area contributed by atoms with E-state index in [9.17, 15) is 0 Å². The third-order valence-corrected chi connectivity index (χ3v) is 4.06. The van der Waals surface area contributed by atoms with Crippen molar-refractivity contribution in [1.82, 2.24) is 10.3 Å². The van der Waals surface area contributed by atoms with Crippen molar-refractivity contribution in [3.05, 3.63) is 46.4 Å². The number of thiophene rings is 1. The first kappa shape index (κ1) is 14.0. The molecular formula is C15H21N3S. The summed E-state index contributed by atoms with van der Waals surface area (Å²) in [6.45, 7) is 3.09. The summed E-state index contributed by atoms with van der Waals surface area (Å²) in [6, 6.07) is 6.77. The van der Waals surface area contributed by atoms with Crippen molar-refractivity contribution in [3.8, 4) is 0 Å². The molecule has 0 aromatic carbocycles. The molecule has 1 N–H and O–H groups in total. The molecule has 2 rings (SSSR count). The van der Waals surface area contributed by atoms with Crippen LogP contribution in [-0.4, -0.2) is 19.1 Å². The molecule has 3 nitrogen and oxygen atoms in total. The lowest BCUT2D eigenvalue weighted by Crippen LogP contribution is -2.18. The molecule has 0 saturated heterocycles. The van der Waals surface area contributed by atoms with Gasteiger partial charge in [0.1, 0.15) is 0 Å². The van der Waals surface area contributed by atoms with Crippen LogP contribution in [0.2, 0.25) is 0 Å². The van der Waals surface area contributed by atoms with Crippen LogP contribution in [0.1, 0.15) is 30.6 Å². The monoisotopic (exact) mass is 275 g/mol. The number of hydrogen-bond acceptors (Lipinski definition) is 4. The van der Waals surface area contributed by atoms with Gasteiger partial charge in [0.05, 0.1) is 17.6 Å². The van der Waals surface area contributed by atoms with Gasteiger partial charge in [-0.1, -0.05) is 6.92 Å². The van der Waals surface area contributed by atoms with Crippen LogP contribution in [0, 0.1) is 0 Å². The summed E-state index contributed by atoms with van der Waals surface area (Å²) in [4.78, 5) is 6.79. The number of nitrogens with one attached hydrogen (secondary N) is 1. The highest BCUT2D eigenvalue weighted by atomic mass is 32.1. The maximum atomic E-state index is 4.57. The average Bonchev–Trinajstić information content (AvgIpc) is 2.94. The molecule has 0 saturated carbocycles. The van der Waals surface area contributed by atoms with Crippen molar-refractivity contribution in [2.24, 2.45) is 0 Å². The van der Waals surface area contributed by atoms with Gasteiger partial charge in [-0.15, -0.1) is 0 Å². The molecule has 2 aromatic rings. The average molecular weight is 275 g/mol. The van der Waals surface area contributed by atoms with Crippen LogP contribution in [-0.2, 0) is 6.54 Å². The van der Waals surface area contributed by atoms with E-state index in [1.54, 1.807) is 11.3 Å². The molecule has 0 amide bonds. The van der Waals surface area contributed by atoms with Gasteiger partial charge in [0.15, 0.2) is 0 Å². The number of rotatable bonds is 6. The highest BCUT2D eigenvalue weighted by Crippen LogP contribution is 2.19. The number of pyridine rings is 1. The van der Waals surface area contributed by atoms with Crippen molar-refractivity contribution in [2.75, 3.05) is 19.0 Å². The highest BCUT2D eigenvalue weighted by Gasteiger charge is 2.09. The van der Waals surface area contributed by atoms with E-state index in [0.29, 0.717) is 6.04 Å². The zero-order valence-corrected chi connectivity index (χ0v) is 12.6. The number of aromatic nitrogens is 1. The van der Waals surface area contributed by atoms with E-state index in [1.165, 1.54) is 5.56 Å². The predicted molar refractivity (Wildman–Crippen MR) is 82.8 cm³/mol. The second kappa shape index (κ2) is 6.68. The summed E-state index contributed by atoms with van der Waals surface area (Å²) in [5.41, 5.74) is 3.61. The molecule has 0 aliphatic heterocycles. The maximum Gasteiger partial charge on any atom is 0.0574 e. The standard InChI is InChI=1S/C15H21N3S/c1-4-14(16-2)15-6-5-13(9-17-15)18(3)10-12-7-8-19-11-12/h5-9,11,14,16H,4,10H2,1-3H3.